The second kappa shape index (κ2) is 5.50. The molecule has 1 fully saturated rings. The first-order chi connectivity index (χ1) is 8.20. The van der Waals surface area contributed by atoms with Crippen molar-refractivity contribution in [2.24, 2.45) is 0 Å². The maximum atomic E-state index is 4.61. The van der Waals surface area contributed by atoms with E-state index >= 15 is 0 Å². The fraction of sp³-hybridized carbons (Fsp3) is 0.643. The molecular weight excluding hydrogens is 210 g/mol. The van der Waals surface area contributed by atoms with Crippen molar-refractivity contribution in [3.05, 3.63) is 23.9 Å². The fourth-order valence-electron chi connectivity index (χ4n) is 2.53. The molecule has 17 heavy (non-hydrogen) atoms. The lowest BCUT2D eigenvalue weighted by Crippen LogP contribution is -2.52. The molecule has 0 bridgehead atoms. The predicted molar refractivity (Wildman–Crippen MR) is 72.5 cm³/mol. The highest BCUT2D eigenvalue weighted by Gasteiger charge is 2.23. The minimum Gasteiger partial charge on any atom is -0.354 e. The number of hydrogen-bond donors (Lipinski definition) is 0. The summed E-state index contributed by atoms with van der Waals surface area (Å²) in [5.41, 5.74) is 1.10. The topological polar surface area (TPSA) is 19.4 Å². The summed E-state index contributed by atoms with van der Waals surface area (Å²) in [6.45, 7) is 11.2. The summed E-state index contributed by atoms with van der Waals surface area (Å²) in [6.07, 6.45) is 1.24. The molecule has 0 aliphatic carbocycles. The van der Waals surface area contributed by atoms with Gasteiger partial charge in [-0.2, -0.15) is 0 Å². The zero-order valence-corrected chi connectivity index (χ0v) is 11.2. The van der Waals surface area contributed by atoms with Gasteiger partial charge in [0.05, 0.1) is 0 Å². The number of piperazine rings is 1. The molecule has 1 saturated heterocycles. The molecular formula is C14H23N3. The Labute approximate surface area is 104 Å². The van der Waals surface area contributed by atoms with Gasteiger partial charge in [0.15, 0.2) is 0 Å². The molecule has 94 valence electrons. The van der Waals surface area contributed by atoms with Crippen molar-refractivity contribution in [2.75, 3.05) is 31.1 Å². The van der Waals surface area contributed by atoms with Crippen molar-refractivity contribution < 1.29 is 0 Å². The molecule has 0 aromatic carbocycles. The molecule has 1 aliphatic heterocycles. The molecule has 2 rings (SSSR count). The van der Waals surface area contributed by atoms with Gasteiger partial charge in [-0.25, -0.2) is 4.98 Å². The zero-order chi connectivity index (χ0) is 12.3. The summed E-state index contributed by atoms with van der Waals surface area (Å²) >= 11 is 0. The van der Waals surface area contributed by atoms with Crippen LogP contribution in [0.2, 0.25) is 0 Å². The van der Waals surface area contributed by atoms with E-state index in [1.165, 1.54) is 13.0 Å². The van der Waals surface area contributed by atoms with Gasteiger partial charge in [-0.05, 0) is 38.9 Å². The third-order valence-electron chi connectivity index (χ3n) is 3.47. The van der Waals surface area contributed by atoms with Gasteiger partial charge in [0.2, 0.25) is 0 Å². The van der Waals surface area contributed by atoms with E-state index in [0.29, 0.717) is 6.04 Å². The molecule has 0 saturated carbocycles. The first-order valence-corrected chi connectivity index (χ1v) is 6.63. The SMILES string of the molecule is CCCN1CCN(c2cccc(C)n2)CC1C. The van der Waals surface area contributed by atoms with Gasteiger partial charge in [0.1, 0.15) is 5.82 Å². The van der Waals surface area contributed by atoms with Crippen LogP contribution < -0.4 is 4.90 Å². The second-order valence-corrected chi connectivity index (χ2v) is 4.97. The van der Waals surface area contributed by atoms with Crippen molar-refractivity contribution in [2.45, 2.75) is 33.2 Å². The molecule has 1 aromatic heterocycles. The van der Waals surface area contributed by atoms with Gasteiger partial charge < -0.3 is 4.90 Å². The molecule has 0 radical (unpaired) electrons. The van der Waals surface area contributed by atoms with Crippen LogP contribution in [0.15, 0.2) is 18.2 Å². The Hall–Kier alpha value is -1.09. The Morgan fingerprint density at radius 1 is 1.35 bits per heavy atom. The third-order valence-corrected chi connectivity index (χ3v) is 3.47. The van der Waals surface area contributed by atoms with E-state index in [9.17, 15) is 0 Å². The van der Waals surface area contributed by atoms with Gasteiger partial charge in [-0.1, -0.05) is 13.0 Å². The monoisotopic (exact) mass is 233 g/mol. The molecule has 1 unspecified atom stereocenters. The van der Waals surface area contributed by atoms with Crippen LogP contribution in [0.4, 0.5) is 5.82 Å². The average molecular weight is 233 g/mol. The number of hydrogen-bond acceptors (Lipinski definition) is 3. The third kappa shape index (κ3) is 2.97. The Bertz CT molecular complexity index is 364. The molecule has 1 aliphatic rings. The van der Waals surface area contributed by atoms with Crippen LogP contribution >= 0.6 is 0 Å². The standard InChI is InChI=1S/C14H23N3/c1-4-8-16-9-10-17(11-13(16)3)14-7-5-6-12(2)15-14/h5-7,13H,4,8-11H2,1-3H3. The molecule has 3 nitrogen and oxygen atoms in total. The Kier molecular flexibility index (Phi) is 4.00. The van der Waals surface area contributed by atoms with Crippen molar-refractivity contribution >= 4 is 5.82 Å². The largest absolute Gasteiger partial charge is 0.354 e. The molecule has 0 amide bonds. The van der Waals surface area contributed by atoms with E-state index in [2.05, 4.69) is 53.8 Å². The van der Waals surface area contributed by atoms with E-state index in [1.807, 2.05) is 0 Å². The highest BCUT2D eigenvalue weighted by atomic mass is 15.3. The number of rotatable bonds is 3. The summed E-state index contributed by atoms with van der Waals surface area (Å²) in [5, 5.41) is 0. The lowest BCUT2D eigenvalue weighted by molar-refractivity contribution is 0.189. The van der Waals surface area contributed by atoms with E-state index in [4.69, 9.17) is 0 Å². The Morgan fingerprint density at radius 2 is 2.18 bits per heavy atom. The molecule has 1 aromatic rings. The quantitative estimate of drug-likeness (QED) is 0.798. The first-order valence-electron chi connectivity index (χ1n) is 6.63. The van der Waals surface area contributed by atoms with Crippen molar-refractivity contribution in [3.63, 3.8) is 0 Å². The summed E-state index contributed by atoms with van der Waals surface area (Å²) in [5.74, 6) is 1.13. The lowest BCUT2D eigenvalue weighted by atomic mass is 10.2. The molecule has 1 atom stereocenters. The predicted octanol–water partition coefficient (Wildman–Crippen LogP) is 2.31. The van der Waals surface area contributed by atoms with Crippen LogP contribution in [0.1, 0.15) is 26.0 Å². The molecule has 3 heteroatoms. The zero-order valence-electron chi connectivity index (χ0n) is 11.2. The number of nitrogens with zero attached hydrogens (tertiary/aromatic N) is 3. The maximum absolute atomic E-state index is 4.61. The highest BCUT2D eigenvalue weighted by Crippen LogP contribution is 2.17. The van der Waals surface area contributed by atoms with Gasteiger partial charge in [-0.15, -0.1) is 0 Å². The van der Waals surface area contributed by atoms with Gasteiger partial charge in [0.25, 0.3) is 0 Å². The maximum Gasteiger partial charge on any atom is 0.128 e. The lowest BCUT2D eigenvalue weighted by Gasteiger charge is -2.40. The smallest absolute Gasteiger partial charge is 0.128 e. The highest BCUT2D eigenvalue weighted by molar-refractivity contribution is 5.40. The second-order valence-electron chi connectivity index (χ2n) is 4.97. The van der Waals surface area contributed by atoms with E-state index in [-0.39, 0.29) is 0 Å². The summed E-state index contributed by atoms with van der Waals surface area (Å²) < 4.78 is 0. The average Bonchev–Trinajstić information content (AvgIpc) is 2.32. The number of pyridine rings is 1. The first kappa shape index (κ1) is 12.4. The van der Waals surface area contributed by atoms with Crippen molar-refractivity contribution in [1.82, 2.24) is 9.88 Å². The van der Waals surface area contributed by atoms with Gasteiger partial charge in [-0.3, -0.25) is 4.90 Å². The van der Waals surface area contributed by atoms with Crippen LogP contribution in [0.3, 0.4) is 0 Å². The fourth-order valence-corrected chi connectivity index (χ4v) is 2.53. The Balaban J connectivity index is 2.01. The van der Waals surface area contributed by atoms with Crippen LogP contribution in [-0.2, 0) is 0 Å². The number of anilines is 1. The minimum absolute atomic E-state index is 0.631. The van der Waals surface area contributed by atoms with Crippen molar-refractivity contribution in [3.8, 4) is 0 Å². The van der Waals surface area contributed by atoms with Crippen LogP contribution in [0, 0.1) is 6.92 Å². The molecule has 2 heterocycles. The molecule has 0 spiro atoms. The van der Waals surface area contributed by atoms with E-state index < -0.39 is 0 Å². The summed E-state index contributed by atoms with van der Waals surface area (Å²) in [4.78, 5) is 9.59. The minimum atomic E-state index is 0.631. The van der Waals surface area contributed by atoms with Crippen LogP contribution in [-0.4, -0.2) is 42.1 Å². The van der Waals surface area contributed by atoms with Crippen LogP contribution in [0.5, 0.6) is 0 Å². The van der Waals surface area contributed by atoms with E-state index in [0.717, 1.165) is 31.1 Å². The van der Waals surface area contributed by atoms with Gasteiger partial charge >= 0.3 is 0 Å². The van der Waals surface area contributed by atoms with Crippen LogP contribution in [0.25, 0.3) is 0 Å². The van der Waals surface area contributed by atoms with Gasteiger partial charge in [0, 0.05) is 31.4 Å². The van der Waals surface area contributed by atoms with E-state index in [1.54, 1.807) is 0 Å². The Morgan fingerprint density at radius 3 is 2.82 bits per heavy atom. The summed E-state index contributed by atoms with van der Waals surface area (Å²) in [7, 11) is 0. The summed E-state index contributed by atoms with van der Waals surface area (Å²) in [6, 6.07) is 6.90. The number of aromatic nitrogens is 1. The molecule has 0 N–H and O–H groups in total. The number of aryl methyl sites for hydroxylation is 1. The van der Waals surface area contributed by atoms with Crippen molar-refractivity contribution in [1.29, 1.82) is 0 Å². The normalized spacial score (nSPS) is 21.8.